The van der Waals surface area contributed by atoms with E-state index >= 15 is 0 Å². The third-order valence-electron chi connectivity index (χ3n) is 6.67. The standard InChI is InChI=1S/C30H64N2O2/c1-4-7-9-11-13-14-15-16-18-20-22-31-23-25-32(24-6-3)26-28-34-30-29-33-27-21-19-17-12-10-8-5-2/h31H,4-30H2,1-3H3. The Labute approximate surface area is 215 Å². The lowest BCUT2D eigenvalue weighted by atomic mass is 10.1. The summed E-state index contributed by atoms with van der Waals surface area (Å²) in [5.74, 6) is 0. The van der Waals surface area contributed by atoms with Crippen LogP contribution in [0.2, 0.25) is 0 Å². The highest BCUT2D eigenvalue weighted by atomic mass is 16.5. The molecule has 0 aliphatic carbocycles. The number of nitrogens with zero attached hydrogens (tertiary/aromatic N) is 1. The first-order valence-corrected chi connectivity index (χ1v) is 15.4. The highest BCUT2D eigenvalue weighted by Gasteiger charge is 2.03. The van der Waals surface area contributed by atoms with Crippen LogP contribution in [0.1, 0.15) is 136 Å². The molecule has 1 N–H and O–H groups in total. The van der Waals surface area contributed by atoms with Crippen molar-refractivity contribution in [3.05, 3.63) is 0 Å². The monoisotopic (exact) mass is 484 g/mol. The number of rotatable bonds is 30. The summed E-state index contributed by atoms with van der Waals surface area (Å²) in [5, 5.41) is 3.65. The smallest absolute Gasteiger partial charge is 0.0701 e. The molecule has 0 saturated heterocycles. The van der Waals surface area contributed by atoms with E-state index in [4.69, 9.17) is 9.47 Å². The van der Waals surface area contributed by atoms with E-state index in [1.807, 2.05) is 0 Å². The van der Waals surface area contributed by atoms with Gasteiger partial charge < -0.3 is 14.8 Å². The summed E-state index contributed by atoms with van der Waals surface area (Å²) in [5.41, 5.74) is 0. The maximum atomic E-state index is 5.81. The van der Waals surface area contributed by atoms with Gasteiger partial charge in [-0.05, 0) is 32.4 Å². The molecule has 0 spiro atoms. The summed E-state index contributed by atoms with van der Waals surface area (Å²) in [4.78, 5) is 2.53. The van der Waals surface area contributed by atoms with Crippen LogP contribution in [0.3, 0.4) is 0 Å². The molecule has 0 saturated carbocycles. The van der Waals surface area contributed by atoms with Gasteiger partial charge in [0.2, 0.25) is 0 Å². The molecular weight excluding hydrogens is 420 g/mol. The van der Waals surface area contributed by atoms with E-state index in [2.05, 4.69) is 31.0 Å². The van der Waals surface area contributed by atoms with Gasteiger partial charge in [0, 0.05) is 26.2 Å². The Morgan fingerprint density at radius 3 is 1.47 bits per heavy atom. The Kier molecular flexibility index (Phi) is 30.7. The van der Waals surface area contributed by atoms with E-state index in [0.29, 0.717) is 0 Å². The molecule has 0 fully saturated rings. The first-order chi connectivity index (χ1) is 16.8. The zero-order chi connectivity index (χ0) is 24.8. The van der Waals surface area contributed by atoms with Crippen LogP contribution < -0.4 is 5.32 Å². The summed E-state index contributed by atoms with van der Waals surface area (Å²) < 4.78 is 11.5. The highest BCUT2D eigenvalue weighted by Crippen LogP contribution is 2.10. The lowest BCUT2D eigenvalue weighted by Crippen LogP contribution is -2.35. The van der Waals surface area contributed by atoms with Crippen molar-refractivity contribution in [2.75, 3.05) is 59.2 Å². The summed E-state index contributed by atoms with van der Waals surface area (Å²) in [7, 11) is 0. The van der Waals surface area contributed by atoms with Crippen molar-refractivity contribution in [1.29, 1.82) is 0 Å². The van der Waals surface area contributed by atoms with Gasteiger partial charge in [-0.3, -0.25) is 4.90 Å². The third kappa shape index (κ3) is 28.1. The quantitative estimate of drug-likeness (QED) is 0.105. The average Bonchev–Trinajstić information content (AvgIpc) is 2.84. The van der Waals surface area contributed by atoms with Gasteiger partial charge in [-0.15, -0.1) is 0 Å². The van der Waals surface area contributed by atoms with Crippen molar-refractivity contribution in [3.63, 3.8) is 0 Å². The first-order valence-electron chi connectivity index (χ1n) is 15.4. The fourth-order valence-corrected chi connectivity index (χ4v) is 4.43. The van der Waals surface area contributed by atoms with Crippen molar-refractivity contribution in [2.24, 2.45) is 0 Å². The maximum absolute atomic E-state index is 5.81. The predicted octanol–water partition coefficient (Wildman–Crippen LogP) is 7.99. The average molecular weight is 485 g/mol. The Hall–Kier alpha value is -0.160. The van der Waals surface area contributed by atoms with Gasteiger partial charge in [0.25, 0.3) is 0 Å². The summed E-state index contributed by atoms with van der Waals surface area (Å²) in [6.07, 6.45) is 24.7. The number of hydrogen-bond donors (Lipinski definition) is 1. The predicted molar refractivity (Wildman–Crippen MR) is 151 cm³/mol. The molecule has 34 heavy (non-hydrogen) atoms. The largest absolute Gasteiger partial charge is 0.379 e. The van der Waals surface area contributed by atoms with Crippen LogP contribution in [0.15, 0.2) is 0 Å². The Balaban J connectivity index is 3.38. The van der Waals surface area contributed by atoms with Crippen molar-refractivity contribution in [1.82, 2.24) is 10.2 Å². The second-order valence-corrected chi connectivity index (χ2v) is 10.1. The Morgan fingerprint density at radius 1 is 0.412 bits per heavy atom. The zero-order valence-electron chi connectivity index (χ0n) is 23.9. The number of ether oxygens (including phenoxy) is 2. The maximum Gasteiger partial charge on any atom is 0.0701 e. The van der Waals surface area contributed by atoms with Crippen molar-refractivity contribution >= 4 is 0 Å². The minimum atomic E-state index is 0.730. The topological polar surface area (TPSA) is 33.7 Å². The van der Waals surface area contributed by atoms with Crippen LogP contribution in [0, 0.1) is 0 Å². The van der Waals surface area contributed by atoms with E-state index in [1.165, 1.54) is 122 Å². The van der Waals surface area contributed by atoms with E-state index in [9.17, 15) is 0 Å². The fourth-order valence-electron chi connectivity index (χ4n) is 4.43. The molecular formula is C30H64N2O2. The molecule has 0 aromatic heterocycles. The minimum absolute atomic E-state index is 0.730. The molecule has 0 atom stereocenters. The van der Waals surface area contributed by atoms with E-state index < -0.39 is 0 Å². The molecule has 0 heterocycles. The molecule has 0 unspecified atom stereocenters. The van der Waals surface area contributed by atoms with E-state index in [-0.39, 0.29) is 0 Å². The lowest BCUT2D eigenvalue weighted by Gasteiger charge is -2.21. The van der Waals surface area contributed by atoms with Gasteiger partial charge >= 0.3 is 0 Å². The van der Waals surface area contributed by atoms with Crippen LogP contribution >= 0.6 is 0 Å². The van der Waals surface area contributed by atoms with E-state index in [1.54, 1.807) is 0 Å². The molecule has 4 nitrogen and oxygen atoms in total. The van der Waals surface area contributed by atoms with Crippen LogP contribution in [0.25, 0.3) is 0 Å². The molecule has 0 aliphatic heterocycles. The van der Waals surface area contributed by atoms with Gasteiger partial charge in [0.1, 0.15) is 0 Å². The van der Waals surface area contributed by atoms with Gasteiger partial charge in [0.05, 0.1) is 19.8 Å². The lowest BCUT2D eigenvalue weighted by molar-refractivity contribution is 0.0374. The molecule has 0 amide bonds. The van der Waals surface area contributed by atoms with Gasteiger partial charge in [0.15, 0.2) is 0 Å². The third-order valence-corrected chi connectivity index (χ3v) is 6.67. The van der Waals surface area contributed by atoms with Crippen molar-refractivity contribution in [3.8, 4) is 0 Å². The number of unbranched alkanes of at least 4 members (excludes halogenated alkanes) is 15. The fraction of sp³-hybridized carbons (Fsp3) is 1.00. The molecule has 0 aliphatic rings. The second-order valence-electron chi connectivity index (χ2n) is 10.1. The summed E-state index contributed by atoms with van der Waals surface area (Å²) in [6, 6.07) is 0. The molecule has 206 valence electrons. The zero-order valence-corrected chi connectivity index (χ0v) is 23.9. The van der Waals surface area contributed by atoms with Crippen LogP contribution in [-0.4, -0.2) is 64.1 Å². The molecule has 0 aromatic carbocycles. The molecule has 0 rings (SSSR count). The van der Waals surface area contributed by atoms with Gasteiger partial charge in [-0.2, -0.15) is 0 Å². The Morgan fingerprint density at radius 2 is 0.912 bits per heavy atom. The number of nitrogens with one attached hydrogen (secondary N) is 1. The molecule has 4 heteroatoms. The van der Waals surface area contributed by atoms with E-state index in [0.717, 1.165) is 52.6 Å². The van der Waals surface area contributed by atoms with Gasteiger partial charge in [-0.1, -0.05) is 117 Å². The summed E-state index contributed by atoms with van der Waals surface area (Å²) >= 11 is 0. The van der Waals surface area contributed by atoms with Crippen LogP contribution in [0.5, 0.6) is 0 Å². The van der Waals surface area contributed by atoms with Crippen LogP contribution in [-0.2, 0) is 9.47 Å². The first kappa shape index (κ1) is 33.8. The molecule has 0 radical (unpaired) electrons. The van der Waals surface area contributed by atoms with Crippen LogP contribution in [0.4, 0.5) is 0 Å². The normalized spacial score (nSPS) is 11.6. The molecule has 0 aromatic rings. The minimum Gasteiger partial charge on any atom is -0.379 e. The summed E-state index contributed by atoms with van der Waals surface area (Å²) in [6.45, 7) is 15.6. The number of hydrogen-bond acceptors (Lipinski definition) is 4. The van der Waals surface area contributed by atoms with Crippen molar-refractivity contribution in [2.45, 2.75) is 136 Å². The van der Waals surface area contributed by atoms with Crippen molar-refractivity contribution < 1.29 is 9.47 Å². The SMILES string of the molecule is CCCCCCCCCCCCNCCN(CCC)CCOCCOCCCCCCCCC. The van der Waals surface area contributed by atoms with Gasteiger partial charge in [-0.25, -0.2) is 0 Å². The second kappa shape index (κ2) is 30.9. The Bertz CT molecular complexity index is 325. The molecule has 0 bridgehead atoms. The highest BCUT2D eigenvalue weighted by molar-refractivity contribution is 4.60.